The van der Waals surface area contributed by atoms with E-state index in [1.54, 1.807) is 0 Å². The van der Waals surface area contributed by atoms with E-state index in [1.165, 1.54) is 25.9 Å². The third kappa shape index (κ3) is 1.99. The van der Waals surface area contributed by atoms with Gasteiger partial charge >= 0.3 is 0 Å². The molecule has 0 saturated carbocycles. The van der Waals surface area contributed by atoms with Gasteiger partial charge in [-0.1, -0.05) is 0 Å². The van der Waals surface area contributed by atoms with Crippen molar-refractivity contribution in [3.8, 4) is 0 Å². The first-order chi connectivity index (χ1) is 5.56. The number of nitrogens with zero attached hydrogens (tertiary/aromatic N) is 1. The average Bonchev–Trinajstić information content (AvgIpc) is 2.04. The van der Waals surface area contributed by atoms with E-state index in [0.29, 0.717) is 11.6 Å². The molecule has 0 bridgehead atoms. The number of hydrogen-bond donors (Lipinski definition) is 1. The first-order valence-corrected chi connectivity index (χ1v) is 5.00. The maximum atomic E-state index is 3.41. The minimum absolute atomic E-state index is 0.430. The third-order valence-corrected chi connectivity index (χ3v) is 3.31. The lowest BCUT2D eigenvalue weighted by Gasteiger charge is -2.44. The molecule has 1 rings (SSSR count). The van der Waals surface area contributed by atoms with Gasteiger partial charge < -0.3 is 5.32 Å². The van der Waals surface area contributed by atoms with Crippen molar-refractivity contribution in [1.82, 2.24) is 10.2 Å². The molecule has 0 aromatic carbocycles. The van der Waals surface area contributed by atoms with Crippen LogP contribution in [0.5, 0.6) is 0 Å². The van der Waals surface area contributed by atoms with Crippen molar-refractivity contribution < 1.29 is 0 Å². The average molecular weight is 170 g/mol. The Labute approximate surface area is 76.3 Å². The van der Waals surface area contributed by atoms with Gasteiger partial charge in [0, 0.05) is 11.6 Å². The van der Waals surface area contributed by atoms with Crippen LogP contribution in [0, 0.1) is 0 Å². The number of rotatable bonds is 2. The first kappa shape index (κ1) is 10.0. The zero-order valence-electron chi connectivity index (χ0n) is 8.85. The van der Waals surface area contributed by atoms with Crippen LogP contribution >= 0.6 is 0 Å². The van der Waals surface area contributed by atoms with Gasteiger partial charge in [-0.25, -0.2) is 0 Å². The van der Waals surface area contributed by atoms with Crippen LogP contribution in [0.25, 0.3) is 0 Å². The Kier molecular flexibility index (Phi) is 3.13. The highest BCUT2D eigenvalue weighted by molar-refractivity contribution is 4.90. The zero-order valence-corrected chi connectivity index (χ0v) is 8.85. The van der Waals surface area contributed by atoms with E-state index in [1.807, 2.05) is 0 Å². The third-order valence-electron chi connectivity index (χ3n) is 3.31. The molecule has 0 amide bonds. The minimum atomic E-state index is 0.430. The standard InChI is InChI=1S/C10H22N2/c1-9(2)12(4)10(3)5-7-11-8-6-10/h9,11H,5-8H2,1-4H3. The molecule has 1 aliphatic rings. The zero-order chi connectivity index (χ0) is 9.19. The molecule has 2 nitrogen and oxygen atoms in total. The number of hydrogen-bond acceptors (Lipinski definition) is 2. The number of nitrogens with one attached hydrogen (secondary N) is 1. The van der Waals surface area contributed by atoms with Crippen molar-refractivity contribution in [2.45, 2.75) is 45.2 Å². The summed E-state index contributed by atoms with van der Waals surface area (Å²) in [6, 6.07) is 0.660. The van der Waals surface area contributed by atoms with Crippen LogP contribution < -0.4 is 5.32 Å². The Morgan fingerprint density at radius 2 is 1.75 bits per heavy atom. The van der Waals surface area contributed by atoms with Gasteiger partial charge in [0.25, 0.3) is 0 Å². The summed E-state index contributed by atoms with van der Waals surface area (Å²) in [4.78, 5) is 2.51. The molecule has 0 aliphatic carbocycles. The quantitative estimate of drug-likeness (QED) is 0.675. The molecule has 0 aromatic rings. The molecule has 72 valence electrons. The molecule has 1 N–H and O–H groups in total. The Morgan fingerprint density at radius 1 is 1.25 bits per heavy atom. The van der Waals surface area contributed by atoms with Crippen LogP contribution in [0.2, 0.25) is 0 Å². The smallest absolute Gasteiger partial charge is 0.0205 e. The highest BCUT2D eigenvalue weighted by Gasteiger charge is 2.31. The normalized spacial score (nSPS) is 23.5. The van der Waals surface area contributed by atoms with Gasteiger partial charge in [-0.05, 0) is 53.8 Å². The van der Waals surface area contributed by atoms with Gasteiger partial charge in [0.2, 0.25) is 0 Å². The van der Waals surface area contributed by atoms with E-state index in [2.05, 4.69) is 38.0 Å². The van der Waals surface area contributed by atoms with E-state index in [9.17, 15) is 0 Å². The fraction of sp³-hybridized carbons (Fsp3) is 1.00. The molecule has 1 saturated heterocycles. The number of piperidine rings is 1. The van der Waals surface area contributed by atoms with Gasteiger partial charge in [0.1, 0.15) is 0 Å². The molecule has 2 heteroatoms. The summed E-state index contributed by atoms with van der Waals surface area (Å²) < 4.78 is 0. The largest absolute Gasteiger partial charge is 0.317 e. The lowest BCUT2D eigenvalue weighted by molar-refractivity contribution is 0.0713. The highest BCUT2D eigenvalue weighted by Crippen LogP contribution is 2.25. The van der Waals surface area contributed by atoms with Crippen LogP contribution in [0.3, 0.4) is 0 Å². The van der Waals surface area contributed by atoms with Crippen molar-refractivity contribution in [1.29, 1.82) is 0 Å². The van der Waals surface area contributed by atoms with Gasteiger partial charge in [-0.3, -0.25) is 4.90 Å². The van der Waals surface area contributed by atoms with E-state index in [-0.39, 0.29) is 0 Å². The summed E-state index contributed by atoms with van der Waals surface area (Å²) in [6.45, 7) is 9.27. The molecule has 0 radical (unpaired) electrons. The predicted molar refractivity (Wildman–Crippen MR) is 53.4 cm³/mol. The minimum Gasteiger partial charge on any atom is -0.317 e. The van der Waals surface area contributed by atoms with E-state index < -0.39 is 0 Å². The van der Waals surface area contributed by atoms with Gasteiger partial charge in [-0.2, -0.15) is 0 Å². The van der Waals surface area contributed by atoms with E-state index in [0.717, 1.165) is 0 Å². The molecule has 0 unspecified atom stereocenters. The molecule has 12 heavy (non-hydrogen) atoms. The second kappa shape index (κ2) is 3.75. The van der Waals surface area contributed by atoms with Crippen LogP contribution in [0.1, 0.15) is 33.6 Å². The van der Waals surface area contributed by atoms with Crippen molar-refractivity contribution in [2.24, 2.45) is 0 Å². The maximum Gasteiger partial charge on any atom is 0.0205 e. The van der Waals surface area contributed by atoms with Crippen molar-refractivity contribution >= 4 is 0 Å². The van der Waals surface area contributed by atoms with E-state index in [4.69, 9.17) is 0 Å². The highest BCUT2D eigenvalue weighted by atomic mass is 15.2. The summed E-state index contributed by atoms with van der Waals surface area (Å²) in [7, 11) is 2.25. The fourth-order valence-electron chi connectivity index (χ4n) is 1.94. The van der Waals surface area contributed by atoms with Crippen molar-refractivity contribution in [3.63, 3.8) is 0 Å². The van der Waals surface area contributed by atoms with Crippen LogP contribution in [0.15, 0.2) is 0 Å². The van der Waals surface area contributed by atoms with Gasteiger partial charge in [0.15, 0.2) is 0 Å². The van der Waals surface area contributed by atoms with Gasteiger partial charge in [0.05, 0.1) is 0 Å². The van der Waals surface area contributed by atoms with Crippen LogP contribution in [-0.4, -0.2) is 36.6 Å². The monoisotopic (exact) mass is 170 g/mol. The lowest BCUT2D eigenvalue weighted by Crippen LogP contribution is -2.53. The Bertz CT molecular complexity index is 137. The maximum absolute atomic E-state index is 3.41. The Morgan fingerprint density at radius 3 is 2.17 bits per heavy atom. The summed E-state index contributed by atoms with van der Waals surface area (Å²) in [5, 5.41) is 3.41. The van der Waals surface area contributed by atoms with Crippen LogP contribution in [0.4, 0.5) is 0 Å². The Hall–Kier alpha value is -0.0800. The summed E-state index contributed by atoms with van der Waals surface area (Å²) in [5.41, 5.74) is 0.430. The molecule has 1 aliphatic heterocycles. The topological polar surface area (TPSA) is 15.3 Å². The SMILES string of the molecule is CC(C)N(C)C1(C)CCNCC1. The second-order valence-electron chi connectivity index (χ2n) is 4.45. The molecule has 1 fully saturated rings. The Balaban J connectivity index is 2.56. The molecule has 0 spiro atoms. The van der Waals surface area contributed by atoms with Crippen molar-refractivity contribution in [3.05, 3.63) is 0 Å². The van der Waals surface area contributed by atoms with Crippen LogP contribution in [-0.2, 0) is 0 Å². The fourth-order valence-corrected chi connectivity index (χ4v) is 1.94. The predicted octanol–water partition coefficient (Wildman–Crippen LogP) is 1.47. The second-order valence-corrected chi connectivity index (χ2v) is 4.45. The molecule has 0 atom stereocenters. The van der Waals surface area contributed by atoms with Crippen molar-refractivity contribution in [2.75, 3.05) is 20.1 Å². The summed E-state index contributed by atoms with van der Waals surface area (Å²) in [6.07, 6.45) is 2.56. The molecule has 1 heterocycles. The molecule has 0 aromatic heterocycles. The molecular formula is C10H22N2. The van der Waals surface area contributed by atoms with Gasteiger partial charge in [-0.15, -0.1) is 0 Å². The summed E-state index contributed by atoms with van der Waals surface area (Å²) >= 11 is 0. The first-order valence-electron chi connectivity index (χ1n) is 5.00. The molecular weight excluding hydrogens is 148 g/mol. The van der Waals surface area contributed by atoms with E-state index >= 15 is 0 Å². The summed E-state index contributed by atoms with van der Waals surface area (Å²) in [5.74, 6) is 0. The lowest BCUT2D eigenvalue weighted by atomic mass is 9.88.